The summed E-state index contributed by atoms with van der Waals surface area (Å²) in [6.07, 6.45) is 0. The Kier molecular flexibility index (Phi) is 3.41. The molecule has 0 saturated carbocycles. The number of benzene rings is 1. The van der Waals surface area contributed by atoms with Crippen LogP contribution in [0.2, 0.25) is 5.02 Å². The van der Waals surface area contributed by atoms with Gasteiger partial charge in [0.05, 0.1) is 7.11 Å². The first-order valence-electron chi connectivity index (χ1n) is 3.91. The van der Waals surface area contributed by atoms with Gasteiger partial charge in [-0.1, -0.05) is 11.6 Å². The molecule has 0 aromatic heterocycles. The summed E-state index contributed by atoms with van der Waals surface area (Å²) >= 11 is 5.59. The second-order valence-electron chi connectivity index (χ2n) is 2.83. The topological polar surface area (TPSA) is 107 Å². The molecule has 0 unspecified atom stereocenters. The van der Waals surface area contributed by atoms with Gasteiger partial charge in [-0.05, 0) is 12.1 Å². The summed E-state index contributed by atoms with van der Waals surface area (Å²) in [5, 5.41) is 13.7. The van der Waals surface area contributed by atoms with E-state index in [0.29, 0.717) is 0 Å². The smallest absolute Gasteiger partial charge is 0.339 e. The van der Waals surface area contributed by atoms with Crippen molar-refractivity contribution in [3.63, 3.8) is 0 Å². The standard InChI is InChI=1S/C8H8ClNO5S/c1-15-7-5(8(11)12)2-4(9)3-6(7)16(10,13)14/h2-3H,1H3,(H,11,12)(H2,10,13,14). The number of methoxy groups -OCH3 is 1. The summed E-state index contributed by atoms with van der Waals surface area (Å²) in [5.41, 5.74) is -0.362. The van der Waals surface area contributed by atoms with Crippen molar-refractivity contribution in [3.8, 4) is 5.75 Å². The molecule has 0 bridgehead atoms. The van der Waals surface area contributed by atoms with Crippen LogP contribution in [0.25, 0.3) is 0 Å². The first-order valence-corrected chi connectivity index (χ1v) is 5.83. The zero-order valence-electron chi connectivity index (χ0n) is 8.10. The van der Waals surface area contributed by atoms with E-state index in [0.717, 1.165) is 19.2 Å². The predicted molar refractivity (Wildman–Crippen MR) is 56.3 cm³/mol. The van der Waals surface area contributed by atoms with E-state index >= 15 is 0 Å². The molecule has 0 atom stereocenters. The molecule has 0 fully saturated rings. The lowest BCUT2D eigenvalue weighted by Crippen LogP contribution is -2.15. The fourth-order valence-electron chi connectivity index (χ4n) is 1.15. The lowest BCUT2D eigenvalue weighted by Gasteiger charge is -2.10. The monoisotopic (exact) mass is 265 g/mol. The van der Waals surface area contributed by atoms with Gasteiger partial charge in [0.25, 0.3) is 0 Å². The average Bonchev–Trinajstić information content (AvgIpc) is 2.14. The van der Waals surface area contributed by atoms with Crippen LogP contribution in [-0.2, 0) is 10.0 Å². The van der Waals surface area contributed by atoms with E-state index in [1.165, 1.54) is 0 Å². The van der Waals surface area contributed by atoms with Crippen molar-refractivity contribution in [2.75, 3.05) is 7.11 Å². The van der Waals surface area contributed by atoms with Crippen molar-refractivity contribution in [3.05, 3.63) is 22.7 Å². The first kappa shape index (κ1) is 12.8. The van der Waals surface area contributed by atoms with Gasteiger partial charge in [0.15, 0.2) is 5.75 Å². The van der Waals surface area contributed by atoms with Gasteiger partial charge in [-0.2, -0.15) is 0 Å². The first-order chi connectivity index (χ1) is 7.27. The van der Waals surface area contributed by atoms with Crippen LogP contribution in [0.4, 0.5) is 0 Å². The zero-order chi connectivity index (χ0) is 12.5. The maximum atomic E-state index is 11.2. The highest BCUT2D eigenvalue weighted by molar-refractivity contribution is 7.89. The van der Waals surface area contributed by atoms with E-state index in [4.69, 9.17) is 26.6 Å². The number of nitrogens with two attached hydrogens (primary N) is 1. The van der Waals surface area contributed by atoms with Crippen molar-refractivity contribution < 1.29 is 23.1 Å². The van der Waals surface area contributed by atoms with Crippen molar-refractivity contribution in [2.24, 2.45) is 5.14 Å². The number of carboxylic acids is 1. The number of hydrogen-bond acceptors (Lipinski definition) is 4. The van der Waals surface area contributed by atoms with Crippen LogP contribution in [0.1, 0.15) is 10.4 Å². The second kappa shape index (κ2) is 4.28. The number of halogens is 1. The Hall–Kier alpha value is -1.31. The van der Waals surface area contributed by atoms with Gasteiger partial charge in [-0.15, -0.1) is 0 Å². The normalized spacial score (nSPS) is 11.2. The van der Waals surface area contributed by atoms with Gasteiger partial charge in [0.2, 0.25) is 10.0 Å². The Morgan fingerprint density at radius 3 is 2.44 bits per heavy atom. The molecule has 88 valence electrons. The highest BCUT2D eigenvalue weighted by Crippen LogP contribution is 2.30. The van der Waals surface area contributed by atoms with Crippen LogP contribution in [-0.4, -0.2) is 26.6 Å². The molecule has 0 aliphatic rings. The second-order valence-corrected chi connectivity index (χ2v) is 4.80. The van der Waals surface area contributed by atoms with Gasteiger partial charge in [0.1, 0.15) is 10.5 Å². The third-order valence-electron chi connectivity index (χ3n) is 1.76. The van der Waals surface area contributed by atoms with E-state index in [2.05, 4.69) is 0 Å². The molecule has 0 saturated heterocycles. The summed E-state index contributed by atoms with van der Waals surface area (Å²) < 4.78 is 27.1. The van der Waals surface area contributed by atoms with Crippen LogP contribution in [0.15, 0.2) is 17.0 Å². The molecule has 1 aromatic rings. The molecule has 1 aromatic carbocycles. The van der Waals surface area contributed by atoms with Gasteiger partial charge in [-0.3, -0.25) is 0 Å². The fourth-order valence-corrected chi connectivity index (χ4v) is 2.18. The summed E-state index contributed by atoms with van der Waals surface area (Å²) in [5.74, 6) is -1.69. The molecule has 1 rings (SSSR count). The zero-order valence-corrected chi connectivity index (χ0v) is 9.67. The summed E-state index contributed by atoms with van der Waals surface area (Å²) in [7, 11) is -2.95. The van der Waals surface area contributed by atoms with Crippen LogP contribution in [0.3, 0.4) is 0 Å². The van der Waals surface area contributed by atoms with Crippen LogP contribution >= 0.6 is 11.6 Å². The molecule has 3 N–H and O–H groups in total. The summed E-state index contributed by atoms with van der Waals surface area (Å²) in [4.78, 5) is 10.4. The molecule has 8 heteroatoms. The van der Waals surface area contributed by atoms with E-state index in [1.54, 1.807) is 0 Å². The van der Waals surface area contributed by atoms with Crippen LogP contribution in [0.5, 0.6) is 5.75 Å². The summed E-state index contributed by atoms with van der Waals surface area (Å²) in [6.45, 7) is 0. The third-order valence-corrected chi connectivity index (χ3v) is 2.90. The average molecular weight is 266 g/mol. The molecule has 0 radical (unpaired) electrons. The van der Waals surface area contributed by atoms with Crippen molar-refractivity contribution in [2.45, 2.75) is 4.90 Å². The lowest BCUT2D eigenvalue weighted by atomic mass is 10.2. The third kappa shape index (κ3) is 2.43. The number of aromatic carboxylic acids is 1. The number of carbonyl (C=O) groups is 1. The Morgan fingerprint density at radius 1 is 1.50 bits per heavy atom. The number of hydrogen-bond donors (Lipinski definition) is 2. The molecule has 0 amide bonds. The van der Waals surface area contributed by atoms with Crippen molar-refractivity contribution in [1.29, 1.82) is 0 Å². The minimum absolute atomic E-state index is 0.0535. The molecule has 0 heterocycles. The van der Waals surface area contributed by atoms with Crippen molar-refractivity contribution >= 4 is 27.6 Å². The molecule has 0 spiro atoms. The Morgan fingerprint density at radius 2 is 2.06 bits per heavy atom. The number of ether oxygens (including phenoxy) is 1. The molecule has 0 aliphatic heterocycles. The molecular weight excluding hydrogens is 258 g/mol. The minimum Gasteiger partial charge on any atom is -0.494 e. The van der Waals surface area contributed by atoms with E-state index in [9.17, 15) is 13.2 Å². The molecule has 0 aliphatic carbocycles. The van der Waals surface area contributed by atoms with Gasteiger partial charge < -0.3 is 9.84 Å². The highest BCUT2D eigenvalue weighted by Gasteiger charge is 2.22. The predicted octanol–water partition coefficient (Wildman–Crippen LogP) is 0.694. The van der Waals surface area contributed by atoms with E-state index < -0.39 is 20.9 Å². The molecule has 6 nitrogen and oxygen atoms in total. The van der Waals surface area contributed by atoms with Crippen LogP contribution < -0.4 is 9.88 Å². The molecule has 16 heavy (non-hydrogen) atoms. The lowest BCUT2D eigenvalue weighted by molar-refractivity contribution is 0.0693. The van der Waals surface area contributed by atoms with Gasteiger partial charge in [0, 0.05) is 5.02 Å². The van der Waals surface area contributed by atoms with Gasteiger partial charge >= 0.3 is 5.97 Å². The number of primary sulfonamides is 1. The number of carboxylic acid groups (broad SMARTS) is 1. The fraction of sp³-hybridized carbons (Fsp3) is 0.125. The largest absolute Gasteiger partial charge is 0.494 e. The maximum Gasteiger partial charge on any atom is 0.339 e. The Balaban J connectivity index is 3.68. The van der Waals surface area contributed by atoms with E-state index in [-0.39, 0.29) is 16.3 Å². The minimum atomic E-state index is -4.10. The number of rotatable bonds is 3. The maximum absolute atomic E-state index is 11.2. The number of sulfonamides is 1. The SMILES string of the molecule is COc1c(C(=O)O)cc(Cl)cc1S(N)(=O)=O. The van der Waals surface area contributed by atoms with Crippen LogP contribution in [0, 0.1) is 0 Å². The summed E-state index contributed by atoms with van der Waals surface area (Å²) in [6, 6.07) is 2.11. The van der Waals surface area contributed by atoms with E-state index in [1.807, 2.05) is 0 Å². The highest BCUT2D eigenvalue weighted by atomic mass is 35.5. The van der Waals surface area contributed by atoms with Gasteiger partial charge in [-0.25, -0.2) is 18.4 Å². The molecular formula is C8H8ClNO5S. The Bertz CT molecular complexity index is 540. The Labute approximate surface area is 96.6 Å². The van der Waals surface area contributed by atoms with Crippen molar-refractivity contribution in [1.82, 2.24) is 0 Å². The quantitative estimate of drug-likeness (QED) is 0.836.